The van der Waals surface area contributed by atoms with Gasteiger partial charge in [0.15, 0.2) is 11.5 Å². The lowest BCUT2D eigenvalue weighted by Gasteiger charge is -2.18. The van der Waals surface area contributed by atoms with Gasteiger partial charge in [-0.15, -0.1) is 0 Å². The van der Waals surface area contributed by atoms with Crippen molar-refractivity contribution in [3.63, 3.8) is 0 Å². The van der Waals surface area contributed by atoms with Crippen LogP contribution in [0.4, 0.5) is 22.0 Å². The molecular formula is C16H20BrF5N2O2. The van der Waals surface area contributed by atoms with Crippen LogP contribution in [0.15, 0.2) is 16.6 Å². The second-order valence-corrected chi connectivity index (χ2v) is 6.98. The van der Waals surface area contributed by atoms with E-state index in [0.717, 1.165) is 5.56 Å². The number of hydrogen-bond acceptors (Lipinski definition) is 4. The van der Waals surface area contributed by atoms with Crippen LogP contribution >= 0.6 is 15.9 Å². The second-order valence-electron chi connectivity index (χ2n) is 6.12. The van der Waals surface area contributed by atoms with Gasteiger partial charge in [0.25, 0.3) is 0 Å². The molecule has 1 atom stereocenters. The van der Waals surface area contributed by atoms with Gasteiger partial charge in [-0.25, -0.2) is 0 Å². The average Bonchev–Trinajstić information content (AvgIpc) is 2.94. The molecule has 0 amide bonds. The molecule has 148 valence electrons. The van der Waals surface area contributed by atoms with Crippen molar-refractivity contribution in [1.82, 2.24) is 10.2 Å². The van der Waals surface area contributed by atoms with Crippen LogP contribution in [-0.4, -0.2) is 51.0 Å². The Bertz CT molecular complexity index is 601. The maximum absolute atomic E-state index is 12.4. The van der Waals surface area contributed by atoms with Gasteiger partial charge in [0.1, 0.15) is 0 Å². The first-order chi connectivity index (χ1) is 12.2. The molecule has 1 aliphatic rings. The molecule has 0 aromatic heterocycles. The highest BCUT2D eigenvalue weighted by molar-refractivity contribution is 9.10. The highest BCUT2D eigenvalue weighted by atomic mass is 79.9. The first kappa shape index (κ1) is 21.2. The van der Waals surface area contributed by atoms with Crippen molar-refractivity contribution in [3.8, 4) is 11.5 Å². The van der Waals surface area contributed by atoms with Gasteiger partial charge >= 0.3 is 12.8 Å². The monoisotopic (exact) mass is 446 g/mol. The number of ether oxygens (including phenoxy) is 2. The van der Waals surface area contributed by atoms with Crippen molar-refractivity contribution in [2.75, 3.05) is 33.3 Å². The first-order valence-corrected chi connectivity index (χ1v) is 8.78. The topological polar surface area (TPSA) is 33.7 Å². The van der Waals surface area contributed by atoms with Crippen molar-refractivity contribution < 1.29 is 31.4 Å². The Hall–Kier alpha value is -1.13. The van der Waals surface area contributed by atoms with Crippen molar-refractivity contribution in [1.29, 1.82) is 0 Å². The Balaban J connectivity index is 1.85. The number of alkyl halides is 5. The highest BCUT2D eigenvalue weighted by Crippen LogP contribution is 2.37. The molecule has 1 fully saturated rings. The zero-order valence-electron chi connectivity index (χ0n) is 14.1. The summed E-state index contributed by atoms with van der Waals surface area (Å²) in [7, 11) is 1.35. The smallest absolute Gasteiger partial charge is 0.401 e. The molecule has 1 N–H and O–H groups in total. The zero-order valence-corrected chi connectivity index (χ0v) is 15.7. The van der Waals surface area contributed by atoms with Gasteiger partial charge in [-0.3, -0.25) is 4.90 Å². The maximum atomic E-state index is 12.4. The minimum atomic E-state index is -4.17. The number of likely N-dealkylation sites (tertiary alicyclic amines) is 1. The lowest BCUT2D eigenvalue weighted by Crippen LogP contribution is -2.33. The van der Waals surface area contributed by atoms with Gasteiger partial charge in [0.05, 0.1) is 18.1 Å². The standard InChI is InChI=1S/C16H20BrF5N2O2/c1-25-13-5-11(4-12(17)14(13)26-15(18)19)7-23-6-10-2-3-24(8-10)9-16(20,21)22/h4-5,10,15,23H,2-3,6-9H2,1H3. The number of benzene rings is 1. The molecule has 10 heteroatoms. The lowest BCUT2D eigenvalue weighted by molar-refractivity contribution is -0.143. The van der Waals surface area contributed by atoms with Crippen LogP contribution in [0.25, 0.3) is 0 Å². The quantitative estimate of drug-likeness (QED) is 0.611. The summed E-state index contributed by atoms with van der Waals surface area (Å²) in [6, 6.07) is 3.22. The van der Waals surface area contributed by atoms with Crippen LogP contribution in [0.2, 0.25) is 0 Å². The second kappa shape index (κ2) is 9.18. The minimum Gasteiger partial charge on any atom is -0.493 e. The maximum Gasteiger partial charge on any atom is 0.401 e. The third-order valence-electron chi connectivity index (χ3n) is 4.03. The number of hydrogen-bond donors (Lipinski definition) is 1. The molecule has 1 aliphatic heterocycles. The van der Waals surface area contributed by atoms with E-state index >= 15 is 0 Å². The van der Waals surface area contributed by atoms with Crippen LogP contribution < -0.4 is 14.8 Å². The number of halogens is 6. The summed E-state index contributed by atoms with van der Waals surface area (Å²) in [6.07, 6.45) is -3.47. The number of nitrogens with one attached hydrogen (secondary N) is 1. The fraction of sp³-hybridized carbons (Fsp3) is 0.625. The number of nitrogens with zero attached hydrogens (tertiary/aromatic N) is 1. The highest BCUT2D eigenvalue weighted by Gasteiger charge is 2.34. The SMILES string of the molecule is COc1cc(CNCC2CCN(CC(F)(F)F)C2)cc(Br)c1OC(F)F. The van der Waals surface area contributed by atoms with Gasteiger partial charge in [-0.2, -0.15) is 22.0 Å². The molecule has 4 nitrogen and oxygen atoms in total. The normalized spacial score (nSPS) is 18.5. The van der Waals surface area contributed by atoms with Gasteiger partial charge in [-0.1, -0.05) is 0 Å². The zero-order chi connectivity index (χ0) is 19.3. The minimum absolute atomic E-state index is 0.0789. The van der Waals surface area contributed by atoms with Gasteiger partial charge in [0.2, 0.25) is 0 Å². The molecule has 0 spiro atoms. The third-order valence-corrected chi connectivity index (χ3v) is 4.62. The molecule has 1 aromatic rings. The van der Waals surface area contributed by atoms with E-state index in [1.165, 1.54) is 12.0 Å². The molecule has 1 heterocycles. The van der Waals surface area contributed by atoms with E-state index < -0.39 is 19.3 Å². The van der Waals surface area contributed by atoms with E-state index in [4.69, 9.17) is 4.74 Å². The molecule has 0 radical (unpaired) electrons. The van der Waals surface area contributed by atoms with Crippen LogP contribution in [0, 0.1) is 5.92 Å². The Morgan fingerprint density at radius 1 is 1.35 bits per heavy atom. The summed E-state index contributed by atoms with van der Waals surface area (Å²) in [5.41, 5.74) is 0.778. The molecule has 26 heavy (non-hydrogen) atoms. The summed E-state index contributed by atoms with van der Waals surface area (Å²) in [5, 5.41) is 3.19. The van der Waals surface area contributed by atoms with Crippen molar-refractivity contribution in [3.05, 3.63) is 22.2 Å². The van der Waals surface area contributed by atoms with Gasteiger partial charge in [0, 0.05) is 13.1 Å². The summed E-state index contributed by atoms with van der Waals surface area (Å²) >= 11 is 3.18. The Kier molecular flexibility index (Phi) is 7.48. The summed E-state index contributed by atoms with van der Waals surface area (Å²) < 4.78 is 71.9. The van der Waals surface area contributed by atoms with E-state index in [2.05, 4.69) is 26.0 Å². The molecular weight excluding hydrogens is 427 g/mol. The van der Waals surface area contributed by atoms with Crippen LogP contribution in [0.3, 0.4) is 0 Å². The van der Waals surface area contributed by atoms with Crippen molar-refractivity contribution >= 4 is 15.9 Å². The van der Waals surface area contributed by atoms with Gasteiger partial charge in [-0.05, 0) is 59.1 Å². The van der Waals surface area contributed by atoms with E-state index in [9.17, 15) is 22.0 Å². The average molecular weight is 447 g/mol. The van der Waals surface area contributed by atoms with E-state index in [0.29, 0.717) is 37.1 Å². The van der Waals surface area contributed by atoms with Crippen molar-refractivity contribution in [2.45, 2.75) is 25.8 Å². The summed E-state index contributed by atoms with van der Waals surface area (Å²) in [5.74, 6) is 0.239. The predicted molar refractivity (Wildman–Crippen MR) is 89.6 cm³/mol. The van der Waals surface area contributed by atoms with Crippen molar-refractivity contribution in [2.24, 2.45) is 5.92 Å². The molecule has 1 saturated heterocycles. The van der Waals surface area contributed by atoms with Crippen LogP contribution in [0.1, 0.15) is 12.0 Å². The van der Waals surface area contributed by atoms with E-state index in [1.54, 1.807) is 12.1 Å². The Morgan fingerprint density at radius 3 is 2.69 bits per heavy atom. The fourth-order valence-corrected chi connectivity index (χ4v) is 3.56. The molecule has 1 aromatic carbocycles. The molecule has 2 rings (SSSR count). The molecule has 1 unspecified atom stereocenters. The van der Waals surface area contributed by atoms with Gasteiger partial charge < -0.3 is 14.8 Å². The molecule has 0 aliphatic carbocycles. The first-order valence-electron chi connectivity index (χ1n) is 7.99. The van der Waals surface area contributed by atoms with Crippen LogP contribution in [0.5, 0.6) is 11.5 Å². The molecule has 0 bridgehead atoms. The lowest BCUT2D eigenvalue weighted by atomic mass is 10.1. The Labute approximate surface area is 156 Å². The predicted octanol–water partition coefficient (Wildman–Crippen LogP) is 4.03. The Morgan fingerprint density at radius 2 is 2.08 bits per heavy atom. The fourth-order valence-electron chi connectivity index (χ4n) is 2.98. The molecule has 0 saturated carbocycles. The van der Waals surface area contributed by atoms with Crippen LogP contribution in [-0.2, 0) is 6.54 Å². The van der Waals surface area contributed by atoms with E-state index in [-0.39, 0.29) is 17.4 Å². The summed E-state index contributed by atoms with van der Waals surface area (Å²) in [6.45, 7) is -2.00. The number of rotatable bonds is 8. The summed E-state index contributed by atoms with van der Waals surface area (Å²) in [4.78, 5) is 1.41. The largest absolute Gasteiger partial charge is 0.493 e. The number of methoxy groups -OCH3 is 1. The third kappa shape index (κ3) is 6.55. The van der Waals surface area contributed by atoms with E-state index in [1.807, 2.05) is 0 Å².